The van der Waals surface area contributed by atoms with E-state index in [4.69, 9.17) is 0 Å². The third-order valence-electron chi connectivity index (χ3n) is 2.94. The number of hydrogen-bond acceptors (Lipinski definition) is 3. The molecule has 3 nitrogen and oxygen atoms in total. The van der Waals surface area contributed by atoms with Crippen LogP contribution in [0.5, 0.6) is 0 Å². The Morgan fingerprint density at radius 3 is 2.89 bits per heavy atom. The van der Waals surface area contributed by atoms with Crippen LogP contribution in [0, 0.1) is 9.39 Å². The van der Waals surface area contributed by atoms with E-state index in [0.717, 1.165) is 29.5 Å². The lowest BCUT2D eigenvalue weighted by Crippen LogP contribution is -2.30. The van der Waals surface area contributed by atoms with Crippen LogP contribution in [0.2, 0.25) is 0 Å². The fourth-order valence-electron chi connectivity index (χ4n) is 1.93. The van der Waals surface area contributed by atoms with Crippen molar-refractivity contribution in [3.63, 3.8) is 0 Å². The van der Waals surface area contributed by atoms with E-state index >= 15 is 0 Å². The lowest BCUT2D eigenvalue weighted by Gasteiger charge is -2.21. The lowest BCUT2D eigenvalue weighted by atomic mass is 10.2. The van der Waals surface area contributed by atoms with Gasteiger partial charge < -0.3 is 10.6 Å². The molecule has 2 N–H and O–H groups in total. The van der Waals surface area contributed by atoms with Crippen LogP contribution in [-0.4, -0.2) is 30.0 Å². The summed E-state index contributed by atoms with van der Waals surface area (Å²) in [7, 11) is 0. The Kier molecular flexibility index (Phi) is 5.90. The van der Waals surface area contributed by atoms with Gasteiger partial charge >= 0.3 is 0 Å². The second-order valence-corrected chi connectivity index (χ2v) is 6.88. The first kappa shape index (κ1) is 15.1. The predicted octanol–water partition coefficient (Wildman–Crippen LogP) is 2.85. The molecule has 2 rings (SSSR count). The zero-order valence-electron chi connectivity index (χ0n) is 10.4. The van der Waals surface area contributed by atoms with Crippen LogP contribution < -0.4 is 10.6 Å². The molecule has 1 saturated heterocycles. The molecule has 0 spiro atoms. The first-order valence-corrected chi connectivity index (χ1v) is 8.35. The number of carbonyl (C=O) groups is 1. The zero-order valence-corrected chi connectivity index (χ0v) is 13.4. The average Bonchev–Trinajstić information content (AvgIpc) is 2.41. The van der Waals surface area contributed by atoms with Gasteiger partial charge in [-0.3, -0.25) is 4.79 Å². The summed E-state index contributed by atoms with van der Waals surface area (Å²) in [5, 5.41) is 6.70. The Bertz CT molecular complexity index is 452. The number of piperidine rings is 1. The molecule has 0 bridgehead atoms. The second kappa shape index (κ2) is 7.44. The minimum Gasteiger partial charge on any atom is -0.324 e. The number of anilines is 1. The van der Waals surface area contributed by atoms with Gasteiger partial charge in [0.1, 0.15) is 5.82 Å². The van der Waals surface area contributed by atoms with E-state index in [2.05, 4.69) is 10.6 Å². The second-order valence-electron chi connectivity index (χ2n) is 4.43. The first-order valence-electron chi connectivity index (χ1n) is 6.22. The highest BCUT2D eigenvalue weighted by molar-refractivity contribution is 14.1. The number of nitrogens with one attached hydrogen (secondary N) is 2. The number of thioether (sulfide) groups is 1. The summed E-state index contributed by atoms with van der Waals surface area (Å²) >= 11 is 3.73. The molecule has 1 aromatic carbocycles. The molecule has 0 aromatic heterocycles. The smallest absolute Gasteiger partial charge is 0.234 e. The van der Waals surface area contributed by atoms with Gasteiger partial charge in [-0.05, 0) is 66.7 Å². The fourth-order valence-corrected chi connectivity index (χ4v) is 3.57. The molecular weight excluding hydrogens is 378 g/mol. The molecule has 1 heterocycles. The number of carbonyl (C=O) groups excluding carboxylic acids is 1. The van der Waals surface area contributed by atoms with Crippen molar-refractivity contribution in [2.45, 2.75) is 18.1 Å². The number of hydrogen-bond donors (Lipinski definition) is 2. The van der Waals surface area contributed by atoms with Gasteiger partial charge in [0.15, 0.2) is 0 Å². The van der Waals surface area contributed by atoms with Gasteiger partial charge in [-0.25, -0.2) is 4.39 Å². The molecule has 0 radical (unpaired) electrons. The molecule has 1 aliphatic heterocycles. The van der Waals surface area contributed by atoms with Crippen LogP contribution >= 0.6 is 34.4 Å². The van der Waals surface area contributed by atoms with Gasteiger partial charge in [-0.1, -0.05) is 0 Å². The topological polar surface area (TPSA) is 41.1 Å². The number of rotatable bonds is 4. The van der Waals surface area contributed by atoms with Gasteiger partial charge in [0, 0.05) is 8.82 Å². The summed E-state index contributed by atoms with van der Waals surface area (Å²) in [5.41, 5.74) is 0.679. The minimum atomic E-state index is -0.286. The molecule has 19 heavy (non-hydrogen) atoms. The average molecular weight is 394 g/mol. The van der Waals surface area contributed by atoms with Gasteiger partial charge in [0.25, 0.3) is 0 Å². The molecule has 1 aliphatic rings. The third kappa shape index (κ3) is 4.92. The molecule has 1 fully saturated rings. The maximum absolute atomic E-state index is 12.9. The predicted molar refractivity (Wildman–Crippen MR) is 86.1 cm³/mol. The SMILES string of the molecule is O=C(CSC1CCNCC1)Nc1ccc(F)cc1I. The Morgan fingerprint density at radius 1 is 1.47 bits per heavy atom. The van der Waals surface area contributed by atoms with Crippen molar-refractivity contribution >= 4 is 45.9 Å². The summed E-state index contributed by atoms with van der Waals surface area (Å²) in [6.07, 6.45) is 2.23. The van der Waals surface area contributed by atoms with Gasteiger partial charge in [0.2, 0.25) is 5.91 Å². The van der Waals surface area contributed by atoms with Gasteiger partial charge in [-0.15, -0.1) is 11.8 Å². The zero-order chi connectivity index (χ0) is 13.7. The van der Waals surface area contributed by atoms with Crippen LogP contribution in [0.1, 0.15) is 12.8 Å². The minimum absolute atomic E-state index is 0.0203. The molecule has 1 amide bonds. The highest BCUT2D eigenvalue weighted by atomic mass is 127. The Balaban J connectivity index is 1.80. The molecule has 0 unspecified atom stereocenters. The van der Waals surface area contributed by atoms with E-state index in [9.17, 15) is 9.18 Å². The van der Waals surface area contributed by atoms with Gasteiger partial charge in [-0.2, -0.15) is 0 Å². The van der Waals surface area contributed by atoms with Crippen molar-refractivity contribution < 1.29 is 9.18 Å². The summed E-state index contributed by atoms with van der Waals surface area (Å²) in [5.74, 6) is 0.150. The Morgan fingerprint density at radius 2 is 2.21 bits per heavy atom. The fraction of sp³-hybridized carbons (Fsp3) is 0.462. The molecule has 6 heteroatoms. The van der Waals surface area contributed by atoms with Crippen molar-refractivity contribution in [3.05, 3.63) is 27.6 Å². The van der Waals surface area contributed by atoms with Crippen LogP contribution in [0.3, 0.4) is 0 Å². The molecule has 0 saturated carbocycles. The highest BCUT2D eigenvalue weighted by Crippen LogP contribution is 2.22. The maximum atomic E-state index is 12.9. The monoisotopic (exact) mass is 394 g/mol. The summed E-state index contributed by atoms with van der Waals surface area (Å²) < 4.78 is 13.7. The van der Waals surface area contributed by atoms with Crippen molar-refractivity contribution in [3.8, 4) is 0 Å². The van der Waals surface area contributed by atoms with Crippen molar-refractivity contribution in [1.29, 1.82) is 0 Å². The molecule has 0 aliphatic carbocycles. The third-order valence-corrected chi connectivity index (χ3v) is 5.21. The Hall–Kier alpha value is -0.340. The largest absolute Gasteiger partial charge is 0.324 e. The Labute approximate surface area is 130 Å². The number of benzene rings is 1. The van der Waals surface area contributed by atoms with Crippen LogP contribution in [0.4, 0.5) is 10.1 Å². The maximum Gasteiger partial charge on any atom is 0.234 e. The molecule has 0 atom stereocenters. The van der Waals surface area contributed by atoms with E-state index in [1.807, 2.05) is 22.6 Å². The van der Waals surface area contributed by atoms with Crippen LogP contribution in [-0.2, 0) is 4.79 Å². The first-order chi connectivity index (χ1) is 9.15. The molecular formula is C13H16FIN2OS. The van der Waals surface area contributed by atoms with E-state index < -0.39 is 0 Å². The lowest BCUT2D eigenvalue weighted by molar-refractivity contribution is -0.113. The normalized spacial score (nSPS) is 16.3. The highest BCUT2D eigenvalue weighted by Gasteiger charge is 2.15. The van der Waals surface area contributed by atoms with E-state index in [-0.39, 0.29) is 11.7 Å². The summed E-state index contributed by atoms with van der Waals surface area (Å²) in [6, 6.07) is 4.37. The van der Waals surface area contributed by atoms with Crippen LogP contribution in [0.15, 0.2) is 18.2 Å². The number of amides is 1. The van der Waals surface area contributed by atoms with Crippen molar-refractivity contribution in [1.82, 2.24) is 5.32 Å². The van der Waals surface area contributed by atoms with Crippen LogP contribution in [0.25, 0.3) is 0 Å². The standard InChI is InChI=1S/C13H16FIN2OS/c14-9-1-2-12(11(15)7-9)17-13(18)8-19-10-3-5-16-6-4-10/h1-2,7,10,16H,3-6,8H2,(H,17,18). The molecule has 1 aromatic rings. The van der Waals surface area contributed by atoms with Crippen molar-refractivity contribution in [2.24, 2.45) is 0 Å². The van der Waals surface area contributed by atoms with Gasteiger partial charge in [0.05, 0.1) is 11.4 Å². The summed E-state index contributed by atoms with van der Waals surface area (Å²) in [6.45, 7) is 2.07. The van der Waals surface area contributed by atoms with E-state index in [0.29, 0.717) is 16.7 Å². The van der Waals surface area contributed by atoms with E-state index in [1.165, 1.54) is 12.1 Å². The quantitative estimate of drug-likeness (QED) is 0.772. The van der Waals surface area contributed by atoms with Crippen molar-refractivity contribution in [2.75, 3.05) is 24.2 Å². The molecule has 104 valence electrons. The van der Waals surface area contributed by atoms with E-state index in [1.54, 1.807) is 17.8 Å². The summed E-state index contributed by atoms with van der Waals surface area (Å²) in [4.78, 5) is 11.8. The number of halogens is 2.